The lowest BCUT2D eigenvalue weighted by molar-refractivity contribution is -0.120. The summed E-state index contributed by atoms with van der Waals surface area (Å²) in [4.78, 5) is 30.4. The van der Waals surface area contributed by atoms with Crippen LogP contribution < -0.4 is 19.3 Å². The lowest BCUT2D eigenvalue weighted by atomic mass is 10.0. The summed E-state index contributed by atoms with van der Waals surface area (Å²) >= 11 is 0. The predicted molar refractivity (Wildman–Crippen MR) is 129 cm³/mol. The molecule has 2 amide bonds. The van der Waals surface area contributed by atoms with E-state index in [0.29, 0.717) is 47.2 Å². The first-order chi connectivity index (χ1) is 16.1. The highest BCUT2D eigenvalue weighted by Crippen LogP contribution is 2.39. The largest absolute Gasteiger partial charge is 0.490 e. The molecule has 1 aliphatic rings. The molecule has 0 spiro atoms. The molecule has 6 heteroatoms. The molecule has 0 radical (unpaired) electrons. The number of rotatable bonds is 8. The lowest BCUT2D eigenvalue weighted by Crippen LogP contribution is -2.34. The third kappa shape index (κ3) is 4.20. The zero-order chi connectivity index (χ0) is 23.4. The first-order valence-corrected chi connectivity index (χ1v) is 10.9. The second-order valence-corrected chi connectivity index (χ2v) is 7.43. The van der Waals surface area contributed by atoms with Crippen molar-refractivity contribution in [2.75, 3.05) is 30.1 Å². The highest BCUT2D eigenvalue weighted by atomic mass is 16.5. The van der Waals surface area contributed by atoms with E-state index < -0.39 is 5.91 Å². The number of hydrogen-bond donors (Lipinski definition) is 0. The highest BCUT2D eigenvalue weighted by molar-refractivity contribution is 6.46. The fraction of sp³-hybridized carbons (Fsp3) is 0.185. The Labute approximate surface area is 193 Å². The molecule has 3 aromatic carbocycles. The van der Waals surface area contributed by atoms with Gasteiger partial charge in [0.15, 0.2) is 11.5 Å². The van der Waals surface area contributed by atoms with Crippen LogP contribution in [0.15, 0.2) is 84.6 Å². The highest BCUT2D eigenvalue weighted by Gasteiger charge is 2.42. The number of nitrogens with zero attached hydrogens (tertiary/aromatic N) is 2. The average Bonchev–Trinajstić information content (AvgIpc) is 3.11. The van der Waals surface area contributed by atoms with Gasteiger partial charge in [0.25, 0.3) is 11.8 Å². The summed E-state index contributed by atoms with van der Waals surface area (Å²) < 4.78 is 11.4. The maximum absolute atomic E-state index is 13.7. The first kappa shape index (κ1) is 22.1. The van der Waals surface area contributed by atoms with E-state index in [0.717, 1.165) is 5.69 Å². The van der Waals surface area contributed by atoms with Crippen molar-refractivity contribution in [3.8, 4) is 11.5 Å². The standard InChI is InChI=1S/C27H26N2O4/c1-4-32-22-17-16-21(18-23(22)33-5-2)29-26(30)24(19-12-8-6-9-13-19)25(27(29)31)28(3)20-14-10-7-11-15-20/h6-18H,4-5H2,1-3H3. The van der Waals surface area contributed by atoms with Gasteiger partial charge in [0.05, 0.1) is 24.5 Å². The maximum Gasteiger partial charge on any atom is 0.282 e. The van der Waals surface area contributed by atoms with Gasteiger partial charge in [-0.05, 0) is 43.7 Å². The topological polar surface area (TPSA) is 59.1 Å². The van der Waals surface area contributed by atoms with E-state index >= 15 is 0 Å². The van der Waals surface area contributed by atoms with Crippen LogP contribution in [0.1, 0.15) is 19.4 Å². The van der Waals surface area contributed by atoms with Crippen molar-refractivity contribution in [2.24, 2.45) is 0 Å². The molecule has 4 rings (SSSR count). The molecule has 0 bridgehead atoms. The zero-order valence-corrected chi connectivity index (χ0v) is 18.9. The van der Waals surface area contributed by atoms with Crippen LogP contribution in [-0.4, -0.2) is 32.1 Å². The lowest BCUT2D eigenvalue weighted by Gasteiger charge is -2.22. The van der Waals surface area contributed by atoms with Crippen LogP contribution in [0, 0.1) is 0 Å². The molecule has 1 heterocycles. The van der Waals surface area contributed by atoms with Gasteiger partial charge in [0.2, 0.25) is 0 Å². The molecule has 0 aromatic heterocycles. The first-order valence-electron chi connectivity index (χ1n) is 10.9. The minimum atomic E-state index is -0.392. The van der Waals surface area contributed by atoms with E-state index in [2.05, 4.69) is 0 Å². The van der Waals surface area contributed by atoms with Gasteiger partial charge in [-0.25, -0.2) is 4.90 Å². The Hall–Kier alpha value is -4.06. The number of carbonyl (C=O) groups excluding carboxylic acids is 2. The van der Waals surface area contributed by atoms with Crippen molar-refractivity contribution >= 4 is 28.8 Å². The van der Waals surface area contributed by atoms with Crippen LogP contribution >= 0.6 is 0 Å². The minimum Gasteiger partial charge on any atom is -0.490 e. The van der Waals surface area contributed by atoms with Crippen LogP contribution in [0.5, 0.6) is 11.5 Å². The molecule has 6 nitrogen and oxygen atoms in total. The molecule has 168 valence electrons. The van der Waals surface area contributed by atoms with Gasteiger partial charge >= 0.3 is 0 Å². The summed E-state index contributed by atoms with van der Waals surface area (Å²) in [7, 11) is 1.80. The SMILES string of the molecule is CCOc1ccc(N2C(=O)C(c3ccccc3)=C(N(C)c3ccccc3)C2=O)cc1OCC. The van der Waals surface area contributed by atoms with Crippen molar-refractivity contribution in [3.05, 3.63) is 90.1 Å². The number of para-hydroxylation sites is 1. The summed E-state index contributed by atoms with van der Waals surface area (Å²) in [5.74, 6) is 0.288. The number of hydrogen-bond acceptors (Lipinski definition) is 5. The Kier molecular flexibility index (Phi) is 6.45. The van der Waals surface area contributed by atoms with Crippen LogP contribution in [0.25, 0.3) is 5.57 Å². The molecule has 0 saturated carbocycles. The number of likely N-dealkylation sites (N-methyl/N-ethyl adjacent to an activating group) is 1. The van der Waals surface area contributed by atoms with Gasteiger partial charge in [-0.15, -0.1) is 0 Å². The Morgan fingerprint density at radius 3 is 2.00 bits per heavy atom. The average molecular weight is 443 g/mol. The van der Waals surface area contributed by atoms with Crippen LogP contribution in [0.4, 0.5) is 11.4 Å². The van der Waals surface area contributed by atoms with Gasteiger partial charge in [-0.2, -0.15) is 0 Å². The zero-order valence-electron chi connectivity index (χ0n) is 18.9. The number of amides is 2. The van der Waals surface area contributed by atoms with Crippen LogP contribution in [-0.2, 0) is 9.59 Å². The second kappa shape index (κ2) is 9.61. The van der Waals surface area contributed by atoms with Crippen LogP contribution in [0.3, 0.4) is 0 Å². The fourth-order valence-corrected chi connectivity index (χ4v) is 3.89. The van der Waals surface area contributed by atoms with Crippen molar-refractivity contribution in [3.63, 3.8) is 0 Å². The van der Waals surface area contributed by atoms with Gasteiger partial charge in [0.1, 0.15) is 5.70 Å². The fourth-order valence-electron chi connectivity index (χ4n) is 3.89. The van der Waals surface area contributed by atoms with Crippen molar-refractivity contribution in [1.29, 1.82) is 0 Å². The number of carbonyl (C=O) groups is 2. The van der Waals surface area contributed by atoms with Gasteiger partial charge in [-0.3, -0.25) is 9.59 Å². The summed E-state index contributed by atoms with van der Waals surface area (Å²) in [6.07, 6.45) is 0. The minimum absolute atomic E-state index is 0.323. The Balaban J connectivity index is 1.82. The van der Waals surface area contributed by atoms with E-state index in [1.165, 1.54) is 4.90 Å². The Morgan fingerprint density at radius 2 is 1.36 bits per heavy atom. The van der Waals surface area contributed by atoms with E-state index in [-0.39, 0.29) is 5.91 Å². The summed E-state index contributed by atoms with van der Waals surface area (Å²) in [6.45, 7) is 4.67. The van der Waals surface area contributed by atoms with Crippen molar-refractivity contribution in [1.82, 2.24) is 0 Å². The molecular weight excluding hydrogens is 416 g/mol. The molecule has 0 saturated heterocycles. The third-order valence-corrected chi connectivity index (χ3v) is 5.39. The molecular formula is C27H26N2O4. The number of ether oxygens (including phenoxy) is 2. The van der Waals surface area contributed by atoms with E-state index in [9.17, 15) is 9.59 Å². The normalized spacial score (nSPS) is 13.5. The molecule has 0 fully saturated rings. The predicted octanol–water partition coefficient (Wildman–Crippen LogP) is 4.90. The molecule has 33 heavy (non-hydrogen) atoms. The Morgan fingerprint density at radius 1 is 0.758 bits per heavy atom. The van der Waals surface area contributed by atoms with Gasteiger partial charge < -0.3 is 14.4 Å². The van der Waals surface area contributed by atoms with Gasteiger partial charge in [0, 0.05) is 18.8 Å². The van der Waals surface area contributed by atoms with Crippen molar-refractivity contribution < 1.29 is 19.1 Å². The number of benzene rings is 3. The molecule has 3 aromatic rings. The molecule has 0 N–H and O–H groups in total. The second-order valence-electron chi connectivity index (χ2n) is 7.43. The van der Waals surface area contributed by atoms with Gasteiger partial charge in [-0.1, -0.05) is 48.5 Å². The third-order valence-electron chi connectivity index (χ3n) is 5.39. The summed E-state index contributed by atoms with van der Waals surface area (Å²) in [5, 5.41) is 0. The molecule has 0 atom stereocenters. The number of imide groups is 1. The van der Waals surface area contributed by atoms with E-state index in [4.69, 9.17) is 9.47 Å². The summed E-state index contributed by atoms with van der Waals surface area (Å²) in [6, 6.07) is 23.9. The molecule has 0 aliphatic carbocycles. The summed E-state index contributed by atoms with van der Waals surface area (Å²) in [5.41, 5.74) is 2.61. The van der Waals surface area contributed by atoms with E-state index in [1.54, 1.807) is 30.1 Å². The Bertz CT molecular complexity index is 1190. The quantitative estimate of drug-likeness (QED) is 0.464. The maximum atomic E-state index is 13.7. The van der Waals surface area contributed by atoms with Crippen LogP contribution in [0.2, 0.25) is 0 Å². The van der Waals surface area contributed by atoms with Crippen molar-refractivity contribution in [2.45, 2.75) is 13.8 Å². The monoisotopic (exact) mass is 442 g/mol. The number of anilines is 2. The van der Waals surface area contributed by atoms with E-state index in [1.807, 2.05) is 74.5 Å². The smallest absolute Gasteiger partial charge is 0.282 e. The molecule has 1 aliphatic heterocycles. The molecule has 0 unspecified atom stereocenters.